The third-order valence-electron chi connectivity index (χ3n) is 4.93. The fourth-order valence-corrected chi connectivity index (χ4v) is 3.63. The highest BCUT2D eigenvalue weighted by molar-refractivity contribution is 6.06. The van der Waals surface area contributed by atoms with Crippen molar-refractivity contribution in [1.29, 1.82) is 0 Å². The topological polar surface area (TPSA) is 84.5 Å². The van der Waals surface area contributed by atoms with Crippen molar-refractivity contribution in [2.75, 3.05) is 5.32 Å². The number of amides is 1. The van der Waals surface area contributed by atoms with Gasteiger partial charge in [-0.3, -0.25) is 9.59 Å². The number of anilines is 1. The van der Waals surface area contributed by atoms with Crippen molar-refractivity contribution in [2.24, 2.45) is 10.7 Å². The van der Waals surface area contributed by atoms with Crippen LogP contribution in [0.2, 0.25) is 0 Å². The van der Waals surface area contributed by atoms with Gasteiger partial charge >= 0.3 is 0 Å². The zero-order chi connectivity index (χ0) is 19.0. The van der Waals surface area contributed by atoms with E-state index in [1.165, 1.54) is 0 Å². The molecule has 27 heavy (non-hydrogen) atoms. The van der Waals surface area contributed by atoms with Crippen LogP contribution in [-0.4, -0.2) is 17.5 Å². The summed E-state index contributed by atoms with van der Waals surface area (Å²) in [5, 5.41) is 2.92. The molecule has 0 unspecified atom stereocenters. The third-order valence-corrected chi connectivity index (χ3v) is 4.93. The molecule has 3 N–H and O–H groups in total. The summed E-state index contributed by atoms with van der Waals surface area (Å²) in [4.78, 5) is 29.1. The van der Waals surface area contributed by atoms with Crippen molar-refractivity contribution < 1.29 is 9.59 Å². The van der Waals surface area contributed by atoms with Crippen LogP contribution in [-0.2, 0) is 6.42 Å². The molecule has 0 bridgehead atoms. The highest BCUT2D eigenvalue weighted by Gasteiger charge is 2.18. The van der Waals surface area contributed by atoms with Crippen LogP contribution in [0.3, 0.4) is 0 Å². The van der Waals surface area contributed by atoms with Gasteiger partial charge in [-0.2, -0.15) is 0 Å². The number of hydrogen-bond donors (Lipinski definition) is 2. The quantitative estimate of drug-likeness (QED) is 0.840. The van der Waals surface area contributed by atoms with Gasteiger partial charge in [0.15, 0.2) is 5.78 Å². The number of hydrogen-bond acceptors (Lipinski definition) is 4. The Morgan fingerprint density at radius 1 is 1.15 bits per heavy atom. The van der Waals surface area contributed by atoms with Crippen LogP contribution in [0.5, 0.6) is 0 Å². The summed E-state index contributed by atoms with van der Waals surface area (Å²) in [6.45, 7) is 2.01. The van der Waals surface area contributed by atoms with E-state index in [4.69, 9.17) is 5.73 Å². The van der Waals surface area contributed by atoms with Gasteiger partial charge in [0.05, 0.1) is 5.69 Å². The molecule has 1 aliphatic carbocycles. The van der Waals surface area contributed by atoms with E-state index in [9.17, 15) is 9.59 Å². The van der Waals surface area contributed by atoms with Crippen molar-refractivity contribution in [3.05, 3.63) is 64.2 Å². The Hall–Kier alpha value is -3.21. The molecule has 2 aliphatic rings. The smallest absolute Gasteiger partial charge is 0.255 e. The minimum atomic E-state index is -0.210. The molecule has 1 aliphatic heterocycles. The van der Waals surface area contributed by atoms with Gasteiger partial charge in [-0.1, -0.05) is 17.7 Å². The molecular formula is C22H21N3O2. The second kappa shape index (κ2) is 6.83. The van der Waals surface area contributed by atoms with Gasteiger partial charge in [-0.15, -0.1) is 0 Å². The number of carbonyl (C=O) groups is 2. The molecule has 2 aromatic carbocycles. The van der Waals surface area contributed by atoms with E-state index in [1.54, 1.807) is 18.2 Å². The molecule has 4 rings (SSSR count). The Morgan fingerprint density at radius 3 is 2.85 bits per heavy atom. The summed E-state index contributed by atoms with van der Waals surface area (Å²) >= 11 is 0. The number of nitrogens with two attached hydrogens (primary N) is 1. The van der Waals surface area contributed by atoms with Crippen LogP contribution in [0.4, 0.5) is 11.4 Å². The number of nitrogens with zero attached hydrogens (tertiary/aromatic N) is 1. The van der Waals surface area contributed by atoms with Crippen LogP contribution in [0, 0.1) is 0 Å². The normalized spacial score (nSPS) is 15.8. The molecule has 136 valence electrons. The summed E-state index contributed by atoms with van der Waals surface area (Å²) in [6, 6.07) is 10.9. The Kier molecular flexibility index (Phi) is 4.36. The number of fused-ring (bicyclic) bond motifs is 2. The fourth-order valence-electron chi connectivity index (χ4n) is 3.63. The van der Waals surface area contributed by atoms with E-state index in [2.05, 4.69) is 10.3 Å². The van der Waals surface area contributed by atoms with Crippen molar-refractivity contribution in [2.45, 2.75) is 32.6 Å². The Bertz CT molecular complexity index is 1020. The van der Waals surface area contributed by atoms with E-state index >= 15 is 0 Å². The Labute approximate surface area is 158 Å². The first-order chi connectivity index (χ1) is 13.0. The zero-order valence-corrected chi connectivity index (χ0v) is 15.2. The van der Waals surface area contributed by atoms with Gasteiger partial charge < -0.3 is 11.1 Å². The third kappa shape index (κ3) is 3.53. The Morgan fingerprint density at radius 2 is 2.00 bits per heavy atom. The van der Waals surface area contributed by atoms with Crippen LogP contribution < -0.4 is 11.1 Å². The van der Waals surface area contributed by atoms with Gasteiger partial charge in [0.2, 0.25) is 0 Å². The summed E-state index contributed by atoms with van der Waals surface area (Å²) in [5.41, 5.74) is 11.7. The van der Waals surface area contributed by atoms with E-state index < -0.39 is 0 Å². The number of benzene rings is 2. The first kappa shape index (κ1) is 17.2. The summed E-state index contributed by atoms with van der Waals surface area (Å²) in [7, 11) is 0. The first-order valence-electron chi connectivity index (χ1n) is 9.11. The van der Waals surface area contributed by atoms with Gasteiger partial charge in [0, 0.05) is 35.2 Å². The Balaban J connectivity index is 1.59. The number of rotatable bonds is 2. The standard InChI is InChI=1S/C22H21N3O2/c1-13-9-15-5-6-16(12-19(15)25-21(23)10-13)22(27)24-17-7-8-18-14(11-17)3-2-4-20(18)26/h5-9,11-12H,2-4,10H2,1H3,(H2,23,25)(H,24,27). The first-order valence-corrected chi connectivity index (χ1v) is 9.11. The maximum atomic E-state index is 12.7. The predicted octanol–water partition coefficient (Wildman–Crippen LogP) is 4.25. The van der Waals surface area contributed by atoms with E-state index in [0.717, 1.165) is 35.1 Å². The number of aryl methyl sites for hydroxylation is 1. The fraction of sp³-hybridized carbons (Fsp3) is 0.227. The highest BCUT2D eigenvalue weighted by atomic mass is 16.1. The molecule has 0 fully saturated rings. The molecule has 5 heteroatoms. The van der Waals surface area contributed by atoms with Crippen LogP contribution >= 0.6 is 0 Å². The second-order valence-electron chi connectivity index (χ2n) is 7.15. The van der Waals surface area contributed by atoms with Crippen molar-refractivity contribution in [3.8, 4) is 0 Å². The largest absolute Gasteiger partial charge is 0.387 e. The summed E-state index contributed by atoms with van der Waals surface area (Å²) < 4.78 is 0. The molecule has 0 radical (unpaired) electrons. The molecule has 5 nitrogen and oxygen atoms in total. The van der Waals surface area contributed by atoms with Crippen LogP contribution in [0.15, 0.2) is 47.0 Å². The molecule has 0 spiro atoms. The number of aliphatic imine (C=N–C) groups is 1. The van der Waals surface area contributed by atoms with E-state index in [0.29, 0.717) is 35.6 Å². The molecular weight excluding hydrogens is 338 g/mol. The molecule has 1 amide bonds. The average Bonchev–Trinajstić information content (AvgIpc) is 2.77. The molecule has 0 atom stereocenters. The maximum Gasteiger partial charge on any atom is 0.255 e. The molecule has 0 saturated heterocycles. The lowest BCUT2D eigenvalue weighted by atomic mass is 9.90. The zero-order valence-electron chi connectivity index (χ0n) is 15.2. The monoisotopic (exact) mass is 359 g/mol. The second-order valence-corrected chi connectivity index (χ2v) is 7.15. The van der Waals surface area contributed by atoms with Crippen LogP contribution in [0.25, 0.3) is 6.08 Å². The van der Waals surface area contributed by atoms with Crippen molar-refractivity contribution in [1.82, 2.24) is 0 Å². The number of nitrogens with one attached hydrogen (secondary N) is 1. The van der Waals surface area contributed by atoms with E-state index in [1.807, 2.05) is 31.2 Å². The van der Waals surface area contributed by atoms with Crippen LogP contribution in [0.1, 0.15) is 58.0 Å². The number of amidine groups is 1. The molecule has 0 saturated carbocycles. The van der Waals surface area contributed by atoms with Crippen molar-refractivity contribution >= 4 is 35.0 Å². The minimum Gasteiger partial charge on any atom is -0.387 e. The lowest BCUT2D eigenvalue weighted by molar-refractivity contribution is 0.0971. The van der Waals surface area contributed by atoms with E-state index in [-0.39, 0.29) is 11.7 Å². The van der Waals surface area contributed by atoms with Gasteiger partial charge in [0.25, 0.3) is 5.91 Å². The molecule has 1 heterocycles. The summed E-state index contributed by atoms with van der Waals surface area (Å²) in [5.74, 6) is 0.511. The number of ketones is 1. The SMILES string of the molecule is CC1=Cc2ccc(C(=O)Nc3ccc4c(c3)CCCC4=O)cc2N=C(N)C1. The molecule has 2 aromatic rings. The molecule has 0 aromatic heterocycles. The maximum absolute atomic E-state index is 12.7. The number of Topliss-reactive ketones (excluding diaryl/α,β-unsaturated/α-hetero) is 1. The van der Waals surface area contributed by atoms with Gasteiger partial charge in [-0.25, -0.2) is 4.99 Å². The average molecular weight is 359 g/mol. The van der Waals surface area contributed by atoms with Gasteiger partial charge in [0.1, 0.15) is 5.84 Å². The lowest BCUT2D eigenvalue weighted by Gasteiger charge is -2.16. The highest BCUT2D eigenvalue weighted by Crippen LogP contribution is 2.28. The predicted molar refractivity (Wildman–Crippen MR) is 108 cm³/mol. The summed E-state index contributed by atoms with van der Waals surface area (Å²) in [6.07, 6.45) is 5.00. The van der Waals surface area contributed by atoms with Crippen molar-refractivity contribution in [3.63, 3.8) is 0 Å². The number of carbonyl (C=O) groups excluding carboxylic acids is 2. The van der Waals surface area contributed by atoms with Gasteiger partial charge in [-0.05, 0) is 55.7 Å². The lowest BCUT2D eigenvalue weighted by Crippen LogP contribution is -2.14. The minimum absolute atomic E-state index is 0.179.